The van der Waals surface area contributed by atoms with Gasteiger partial charge in [0.25, 0.3) is 0 Å². The summed E-state index contributed by atoms with van der Waals surface area (Å²) in [6.45, 7) is 5.09. The third kappa shape index (κ3) is 2.82. The van der Waals surface area contributed by atoms with Crippen LogP contribution >= 0.6 is 0 Å². The summed E-state index contributed by atoms with van der Waals surface area (Å²) >= 11 is 0. The maximum atomic E-state index is 11.5. The monoisotopic (exact) mass is 197 g/mol. The first-order valence-electron chi connectivity index (χ1n) is 5.43. The molecule has 1 heterocycles. The van der Waals surface area contributed by atoms with Gasteiger partial charge in [0.2, 0.25) is 5.91 Å². The largest absolute Gasteiger partial charge is 0.343 e. The van der Waals surface area contributed by atoms with Gasteiger partial charge in [-0.3, -0.25) is 9.59 Å². The molecule has 0 aromatic heterocycles. The SMILES string of the molecule is CCC(=O)C1CCCN(C(C)=O)CC1. The van der Waals surface area contributed by atoms with E-state index in [9.17, 15) is 9.59 Å². The smallest absolute Gasteiger partial charge is 0.219 e. The van der Waals surface area contributed by atoms with E-state index in [-0.39, 0.29) is 11.8 Å². The highest BCUT2D eigenvalue weighted by Gasteiger charge is 2.22. The fourth-order valence-electron chi connectivity index (χ4n) is 2.02. The van der Waals surface area contributed by atoms with Crippen molar-refractivity contribution >= 4 is 11.7 Å². The Morgan fingerprint density at radius 3 is 2.57 bits per heavy atom. The quantitative estimate of drug-likeness (QED) is 0.674. The van der Waals surface area contributed by atoms with Crippen molar-refractivity contribution in [2.75, 3.05) is 13.1 Å². The minimum Gasteiger partial charge on any atom is -0.343 e. The number of rotatable bonds is 2. The van der Waals surface area contributed by atoms with Gasteiger partial charge in [-0.25, -0.2) is 0 Å². The Hall–Kier alpha value is -0.860. The number of carbonyl (C=O) groups is 2. The molecular formula is C11H19NO2. The molecule has 1 aliphatic heterocycles. The summed E-state index contributed by atoms with van der Waals surface area (Å²) in [5, 5.41) is 0. The van der Waals surface area contributed by atoms with E-state index in [0.29, 0.717) is 12.2 Å². The second kappa shape index (κ2) is 5.13. The Morgan fingerprint density at radius 1 is 1.29 bits per heavy atom. The minimum atomic E-state index is 0.134. The van der Waals surface area contributed by atoms with E-state index in [1.165, 1.54) is 0 Å². The van der Waals surface area contributed by atoms with Gasteiger partial charge in [0, 0.05) is 32.4 Å². The molecule has 0 aromatic rings. The number of ketones is 1. The minimum absolute atomic E-state index is 0.134. The molecule has 0 spiro atoms. The molecule has 3 nitrogen and oxygen atoms in total. The van der Waals surface area contributed by atoms with Crippen LogP contribution in [0, 0.1) is 5.92 Å². The van der Waals surface area contributed by atoms with Gasteiger partial charge in [0.1, 0.15) is 5.78 Å². The normalized spacial score (nSPS) is 23.0. The highest BCUT2D eigenvalue weighted by molar-refractivity contribution is 5.80. The molecule has 1 rings (SSSR count). The van der Waals surface area contributed by atoms with Crippen LogP contribution in [0.2, 0.25) is 0 Å². The van der Waals surface area contributed by atoms with E-state index in [1.807, 2.05) is 11.8 Å². The predicted octanol–water partition coefficient (Wildman–Crippen LogP) is 1.61. The summed E-state index contributed by atoms with van der Waals surface area (Å²) in [5.74, 6) is 0.689. The molecule has 1 amide bonds. The van der Waals surface area contributed by atoms with Crippen LogP contribution in [0.1, 0.15) is 39.5 Å². The molecule has 1 fully saturated rings. The van der Waals surface area contributed by atoms with Gasteiger partial charge in [0.15, 0.2) is 0 Å². The second-order valence-corrected chi connectivity index (χ2v) is 3.95. The molecule has 14 heavy (non-hydrogen) atoms. The van der Waals surface area contributed by atoms with Gasteiger partial charge in [-0.05, 0) is 19.3 Å². The lowest BCUT2D eigenvalue weighted by Gasteiger charge is -2.17. The van der Waals surface area contributed by atoms with Crippen molar-refractivity contribution in [3.8, 4) is 0 Å². The first-order valence-corrected chi connectivity index (χ1v) is 5.43. The van der Waals surface area contributed by atoms with Crippen molar-refractivity contribution in [1.82, 2.24) is 4.90 Å². The van der Waals surface area contributed by atoms with Crippen LogP contribution in [-0.2, 0) is 9.59 Å². The molecule has 0 N–H and O–H groups in total. The molecule has 3 heteroatoms. The number of likely N-dealkylation sites (tertiary alicyclic amines) is 1. The summed E-state index contributed by atoms with van der Waals surface area (Å²) in [5.41, 5.74) is 0. The van der Waals surface area contributed by atoms with Crippen LogP contribution in [0.3, 0.4) is 0 Å². The van der Waals surface area contributed by atoms with Crippen LogP contribution in [0.5, 0.6) is 0 Å². The van der Waals surface area contributed by atoms with Crippen molar-refractivity contribution < 1.29 is 9.59 Å². The summed E-state index contributed by atoms with van der Waals surface area (Å²) in [6.07, 6.45) is 3.41. The maximum absolute atomic E-state index is 11.5. The Bertz CT molecular complexity index is 225. The summed E-state index contributed by atoms with van der Waals surface area (Å²) in [4.78, 5) is 24.5. The lowest BCUT2D eigenvalue weighted by Crippen LogP contribution is -2.29. The molecule has 0 aliphatic carbocycles. The fraction of sp³-hybridized carbons (Fsp3) is 0.818. The van der Waals surface area contributed by atoms with E-state index < -0.39 is 0 Å². The van der Waals surface area contributed by atoms with E-state index >= 15 is 0 Å². The van der Waals surface area contributed by atoms with Gasteiger partial charge in [0.05, 0.1) is 0 Å². The zero-order valence-corrected chi connectivity index (χ0v) is 9.08. The van der Waals surface area contributed by atoms with Crippen molar-refractivity contribution in [2.45, 2.75) is 39.5 Å². The molecule has 1 aliphatic rings. The zero-order chi connectivity index (χ0) is 10.6. The van der Waals surface area contributed by atoms with Crippen molar-refractivity contribution in [2.24, 2.45) is 5.92 Å². The number of hydrogen-bond acceptors (Lipinski definition) is 2. The Labute approximate surface area is 85.5 Å². The van der Waals surface area contributed by atoms with Crippen LogP contribution in [-0.4, -0.2) is 29.7 Å². The number of carbonyl (C=O) groups excluding carboxylic acids is 2. The van der Waals surface area contributed by atoms with Gasteiger partial charge in [-0.1, -0.05) is 6.92 Å². The molecular weight excluding hydrogens is 178 g/mol. The number of hydrogen-bond donors (Lipinski definition) is 0. The van der Waals surface area contributed by atoms with E-state index in [2.05, 4.69) is 0 Å². The molecule has 1 atom stereocenters. The average molecular weight is 197 g/mol. The Balaban J connectivity index is 2.48. The summed E-state index contributed by atoms with van der Waals surface area (Å²) < 4.78 is 0. The lowest BCUT2D eigenvalue weighted by molar-refractivity contribution is -0.129. The first kappa shape index (κ1) is 11.2. The van der Waals surface area contributed by atoms with Crippen molar-refractivity contribution in [1.29, 1.82) is 0 Å². The van der Waals surface area contributed by atoms with E-state index in [4.69, 9.17) is 0 Å². The van der Waals surface area contributed by atoms with Crippen LogP contribution in [0.15, 0.2) is 0 Å². The third-order valence-electron chi connectivity index (χ3n) is 2.98. The summed E-state index contributed by atoms with van der Waals surface area (Å²) in [6, 6.07) is 0. The zero-order valence-electron chi connectivity index (χ0n) is 9.08. The molecule has 80 valence electrons. The highest BCUT2D eigenvalue weighted by atomic mass is 16.2. The van der Waals surface area contributed by atoms with E-state index in [0.717, 1.165) is 32.4 Å². The molecule has 0 radical (unpaired) electrons. The average Bonchev–Trinajstić information content (AvgIpc) is 2.41. The molecule has 0 bridgehead atoms. The molecule has 1 saturated heterocycles. The van der Waals surface area contributed by atoms with Crippen molar-refractivity contribution in [3.63, 3.8) is 0 Å². The van der Waals surface area contributed by atoms with Crippen LogP contribution < -0.4 is 0 Å². The number of Topliss-reactive ketones (excluding diaryl/α,β-unsaturated/α-hetero) is 1. The lowest BCUT2D eigenvalue weighted by atomic mass is 9.94. The second-order valence-electron chi connectivity index (χ2n) is 3.95. The van der Waals surface area contributed by atoms with Crippen LogP contribution in [0.25, 0.3) is 0 Å². The topological polar surface area (TPSA) is 37.4 Å². The third-order valence-corrected chi connectivity index (χ3v) is 2.98. The number of nitrogens with zero attached hydrogens (tertiary/aromatic N) is 1. The molecule has 1 unspecified atom stereocenters. The standard InChI is InChI=1S/C11H19NO2/c1-3-11(14)10-5-4-7-12(8-6-10)9(2)13/h10H,3-8H2,1-2H3. The summed E-state index contributed by atoms with van der Waals surface area (Å²) in [7, 11) is 0. The molecule has 0 aromatic carbocycles. The number of amides is 1. The first-order chi connectivity index (χ1) is 6.65. The Morgan fingerprint density at radius 2 is 2.00 bits per heavy atom. The van der Waals surface area contributed by atoms with Gasteiger partial charge >= 0.3 is 0 Å². The van der Waals surface area contributed by atoms with Gasteiger partial charge in [-0.2, -0.15) is 0 Å². The maximum Gasteiger partial charge on any atom is 0.219 e. The Kier molecular flexibility index (Phi) is 4.11. The molecule has 0 saturated carbocycles. The van der Waals surface area contributed by atoms with Gasteiger partial charge in [-0.15, -0.1) is 0 Å². The predicted molar refractivity (Wildman–Crippen MR) is 54.9 cm³/mol. The van der Waals surface area contributed by atoms with Crippen LogP contribution in [0.4, 0.5) is 0 Å². The van der Waals surface area contributed by atoms with E-state index in [1.54, 1.807) is 6.92 Å². The van der Waals surface area contributed by atoms with Gasteiger partial charge < -0.3 is 4.90 Å². The highest BCUT2D eigenvalue weighted by Crippen LogP contribution is 2.19. The van der Waals surface area contributed by atoms with Crippen molar-refractivity contribution in [3.05, 3.63) is 0 Å². The fourth-order valence-corrected chi connectivity index (χ4v) is 2.02.